The summed E-state index contributed by atoms with van der Waals surface area (Å²) in [5, 5.41) is 7.32. The summed E-state index contributed by atoms with van der Waals surface area (Å²) in [6, 6.07) is 10.9. The van der Waals surface area contributed by atoms with E-state index in [4.69, 9.17) is 0 Å². The minimum atomic E-state index is 0.453. The molecule has 2 nitrogen and oxygen atoms in total. The minimum Gasteiger partial charge on any atom is -0.388 e. The van der Waals surface area contributed by atoms with Gasteiger partial charge in [0.25, 0.3) is 0 Å². The molecule has 0 bridgehead atoms. The molecule has 0 spiro atoms. The molecule has 2 heteroatoms. The zero-order valence-electron chi connectivity index (χ0n) is 44.7. The molecule has 1 aliphatic heterocycles. The Hall–Kier alpha value is -5.08. The lowest BCUT2D eigenvalue weighted by Crippen LogP contribution is -2.24. The summed E-state index contributed by atoms with van der Waals surface area (Å²) in [5.41, 5.74) is 12.5. The first kappa shape index (κ1) is 59.9. The van der Waals surface area contributed by atoms with Crippen molar-refractivity contribution in [3.05, 3.63) is 210 Å². The molecule has 5 unspecified atom stereocenters. The fraction of sp³-hybridized carbons (Fsp3) is 0.446. The van der Waals surface area contributed by atoms with Crippen molar-refractivity contribution in [3.8, 4) is 0 Å². The normalized spacial score (nSPS) is 20.1. The van der Waals surface area contributed by atoms with Crippen LogP contribution >= 0.6 is 0 Å². The van der Waals surface area contributed by atoms with Gasteiger partial charge < -0.3 is 10.6 Å². The highest BCUT2D eigenvalue weighted by Gasteiger charge is 2.31. The summed E-state index contributed by atoms with van der Waals surface area (Å²) < 4.78 is 0. The minimum absolute atomic E-state index is 0.453. The van der Waals surface area contributed by atoms with Crippen molar-refractivity contribution in [2.45, 2.75) is 159 Å². The van der Waals surface area contributed by atoms with Crippen LogP contribution in [0.4, 0.5) is 0 Å². The summed E-state index contributed by atoms with van der Waals surface area (Å²) in [5.74, 6) is 2.21. The Labute approximate surface area is 414 Å². The molecule has 6 rings (SSSR count). The molecule has 0 saturated heterocycles. The van der Waals surface area contributed by atoms with Crippen molar-refractivity contribution in [1.82, 2.24) is 10.6 Å². The molecule has 0 fully saturated rings. The SMILES string of the molecule is C/C=C\C.C/C=C\C(CCCC)C1=C(NC)C=CC(C2C=CC3=C(C2)NC2CCC=CC=C32)=CC1.C=C/C(=C\C(C)/C(C)=C/CCCC)c1ccccc1.C=CCC.CC.CC1C=CC=CC1. The van der Waals surface area contributed by atoms with Crippen LogP contribution in [0.2, 0.25) is 0 Å². The monoisotopic (exact) mass is 905 g/mol. The van der Waals surface area contributed by atoms with Crippen molar-refractivity contribution in [1.29, 1.82) is 0 Å². The third-order valence-electron chi connectivity index (χ3n) is 12.4. The highest BCUT2D eigenvalue weighted by molar-refractivity contribution is 5.73. The Morgan fingerprint density at radius 2 is 1.61 bits per heavy atom. The number of nitrogens with one attached hydrogen (secondary N) is 2. The highest BCUT2D eigenvalue weighted by Crippen LogP contribution is 2.40. The number of hydrogen-bond donors (Lipinski definition) is 2. The van der Waals surface area contributed by atoms with Crippen molar-refractivity contribution >= 4 is 5.57 Å². The lowest BCUT2D eigenvalue weighted by atomic mass is 9.85. The standard InChI is InChI=1S/C29H38N2.C19H26.C7H10.2C4H8.C2H6/c1-4-6-11-22(10-5-2)24-17-14-21(16-19-27(24)30-3)23-15-18-26-25-12-8-7-9-13-28(25)31-29(26)20-23;1-5-7-9-12-16(3)17(4)15-18(6-2)19-13-10-8-11-14-19;1-7-5-3-2-4-6-7;2*1-3-4-2;1-2/h5,7-8,10,12,14-16,18-19,22-23,28,30-31H,4,6,9,11,13,17,20H2,1-3H3;6,8,10-15,17H,2,5,7,9H2,1,3-4H3;2-5,7H,6H2,1H3;3-4H,1-2H3;3H,1,4H2,2H3;1-2H3/b10-5-;16-12+,18-15+;;4-3-;;. The van der Waals surface area contributed by atoms with Gasteiger partial charge in [0.1, 0.15) is 0 Å². The van der Waals surface area contributed by atoms with Crippen LogP contribution in [0.5, 0.6) is 0 Å². The van der Waals surface area contributed by atoms with Gasteiger partial charge >= 0.3 is 0 Å². The van der Waals surface area contributed by atoms with Gasteiger partial charge in [-0.25, -0.2) is 0 Å². The average Bonchev–Trinajstić information content (AvgIpc) is 3.49. The van der Waals surface area contributed by atoms with Crippen LogP contribution < -0.4 is 10.6 Å². The lowest BCUT2D eigenvalue weighted by Gasteiger charge is -2.21. The van der Waals surface area contributed by atoms with E-state index in [1.165, 1.54) is 102 Å². The Balaban J connectivity index is 0.000000525. The molecular formula is C65H96N2. The molecule has 5 atom stereocenters. The molecule has 67 heavy (non-hydrogen) atoms. The quantitative estimate of drug-likeness (QED) is 0.104. The molecule has 2 N–H and O–H groups in total. The van der Waals surface area contributed by atoms with Gasteiger partial charge in [-0.2, -0.15) is 0 Å². The predicted octanol–water partition coefficient (Wildman–Crippen LogP) is 19.2. The second-order valence-corrected chi connectivity index (χ2v) is 17.6. The first-order valence-corrected chi connectivity index (χ1v) is 26.2. The number of rotatable bonds is 15. The Kier molecular flexibility index (Phi) is 33.9. The van der Waals surface area contributed by atoms with E-state index in [2.05, 4.69) is 201 Å². The van der Waals surface area contributed by atoms with Crippen LogP contribution in [-0.2, 0) is 0 Å². The van der Waals surface area contributed by atoms with Crippen LogP contribution in [0, 0.1) is 23.7 Å². The van der Waals surface area contributed by atoms with E-state index in [-0.39, 0.29) is 0 Å². The number of likely N-dealkylation sites (N-methyl/N-ethyl adjacent to an activating group) is 1. The number of hydrogen-bond acceptors (Lipinski definition) is 2. The molecule has 4 aliphatic carbocycles. The van der Waals surface area contributed by atoms with Crippen LogP contribution in [0.3, 0.4) is 0 Å². The van der Waals surface area contributed by atoms with E-state index in [0.29, 0.717) is 23.8 Å². The maximum absolute atomic E-state index is 3.94. The van der Waals surface area contributed by atoms with Crippen LogP contribution in [0.25, 0.3) is 5.57 Å². The predicted molar refractivity (Wildman–Crippen MR) is 305 cm³/mol. The molecule has 0 amide bonds. The van der Waals surface area contributed by atoms with E-state index < -0.39 is 0 Å². The van der Waals surface area contributed by atoms with E-state index in [0.717, 1.165) is 31.6 Å². The van der Waals surface area contributed by atoms with Gasteiger partial charge in [-0.1, -0.05) is 232 Å². The van der Waals surface area contributed by atoms with Crippen molar-refractivity contribution in [2.75, 3.05) is 7.05 Å². The fourth-order valence-electron chi connectivity index (χ4n) is 8.13. The second kappa shape index (κ2) is 37.9. The van der Waals surface area contributed by atoms with Gasteiger partial charge in [0, 0.05) is 30.3 Å². The molecule has 1 aromatic rings. The summed E-state index contributed by atoms with van der Waals surface area (Å²) >= 11 is 0. The third-order valence-corrected chi connectivity index (χ3v) is 12.4. The van der Waals surface area contributed by atoms with Crippen molar-refractivity contribution in [2.24, 2.45) is 23.7 Å². The summed E-state index contributed by atoms with van der Waals surface area (Å²) in [6.07, 6.45) is 58.8. The van der Waals surface area contributed by atoms with Gasteiger partial charge in [0.05, 0.1) is 6.04 Å². The maximum atomic E-state index is 3.94. The molecule has 0 saturated carbocycles. The summed E-state index contributed by atoms with van der Waals surface area (Å²) in [4.78, 5) is 0. The maximum Gasteiger partial charge on any atom is 0.0520 e. The van der Waals surface area contributed by atoms with E-state index in [9.17, 15) is 0 Å². The van der Waals surface area contributed by atoms with E-state index in [1.54, 1.807) is 0 Å². The number of unbranched alkanes of at least 4 members (excludes halogenated alkanes) is 3. The zero-order chi connectivity index (χ0) is 49.7. The summed E-state index contributed by atoms with van der Waals surface area (Å²) in [7, 11) is 2.06. The van der Waals surface area contributed by atoms with Crippen LogP contribution in [0.15, 0.2) is 204 Å². The molecule has 1 heterocycles. The van der Waals surface area contributed by atoms with Gasteiger partial charge in [-0.05, 0) is 130 Å². The van der Waals surface area contributed by atoms with E-state index >= 15 is 0 Å². The second-order valence-electron chi connectivity index (χ2n) is 17.6. The molecule has 0 radical (unpaired) electrons. The van der Waals surface area contributed by atoms with Crippen LogP contribution in [-0.4, -0.2) is 13.1 Å². The number of fused-ring (bicyclic) bond motifs is 2. The number of allylic oxidation sites excluding steroid dienone is 25. The Morgan fingerprint density at radius 3 is 2.18 bits per heavy atom. The topological polar surface area (TPSA) is 24.1 Å². The van der Waals surface area contributed by atoms with E-state index in [1.807, 2.05) is 58.1 Å². The van der Waals surface area contributed by atoms with Gasteiger partial charge in [-0.3, -0.25) is 0 Å². The molecule has 0 aromatic heterocycles. The van der Waals surface area contributed by atoms with Crippen molar-refractivity contribution < 1.29 is 0 Å². The lowest BCUT2D eigenvalue weighted by molar-refractivity contribution is 0.598. The van der Waals surface area contributed by atoms with Gasteiger partial charge in [0.15, 0.2) is 0 Å². The van der Waals surface area contributed by atoms with Crippen molar-refractivity contribution in [3.63, 3.8) is 0 Å². The third kappa shape index (κ3) is 23.0. The first-order valence-electron chi connectivity index (χ1n) is 26.2. The van der Waals surface area contributed by atoms with Crippen LogP contribution in [0.1, 0.15) is 159 Å². The Morgan fingerprint density at radius 1 is 0.896 bits per heavy atom. The number of benzene rings is 1. The molecule has 1 aromatic carbocycles. The summed E-state index contributed by atoms with van der Waals surface area (Å²) in [6.45, 7) is 30.8. The molecule has 366 valence electrons. The molecular weight excluding hydrogens is 809 g/mol. The first-order chi connectivity index (χ1) is 32.7. The fourth-order valence-corrected chi connectivity index (χ4v) is 8.13. The Bertz CT molecular complexity index is 1950. The highest BCUT2D eigenvalue weighted by atomic mass is 15.0. The smallest absolute Gasteiger partial charge is 0.0520 e. The largest absolute Gasteiger partial charge is 0.388 e. The average molecular weight is 905 g/mol. The molecule has 5 aliphatic rings. The zero-order valence-corrected chi connectivity index (χ0v) is 44.7. The van der Waals surface area contributed by atoms with Gasteiger partial charge in [-0.15, -0.1) is 6.58 Å². The van der Waals surface area contributed by atoms with Gasteiger partial charge in [0.2, 0.25) is 0 Å².